The molecule has 0 saturated carbocycles. The Morgan fingerprint density at radius 3 is 0.767 bits per heavy atom. The van der Waals surface area contributed by atoms with Crippen molar-refractivity contribution in [3.8, 4) is 0 Å². The van der Waals surface area contributed by atoms with Crippen LogP contribution in [0.4, 0.5) is 0 Å². The van der Waals surface area contributed by atoms with Crippen LogP contribution in [0.5, 0.6) is 0 Å². The molecule has 4 N–H and O–H groups in total. The molecule has 0 aromatic carbocycles. The fraction of sp³-hybridized carbons (Fsp3) is 1.00. The Hall–Kier alpha value is -0.0800. The molecule has 2 heteroatoms. The van der Waals surface area contributed by atoms with E-state index in [0.29, 0.717) is 12.1 Å². The molecule has 0 spiro atoms. The van der Waals surface area contributed by atoms with Gasteiger partial charge >= 0.3 is 0 Å². The van der Waals surface area contributed by atoms with E-state index in [2.05, 4.69) is 13.8 Å². The van der Waals surface area contributed by atoms with Crippen LogP contribution in [-0.2, 0) is 0 Å². The summed E-state index contributed by atoms with van der Waals surface area (Å²) in [5, 5.41) is 0. The predicted molar refractivity (Wildman–Crippen MR) is 138 cm³/mol. The lowest BCUT2D eigenvalue weighted by Gasteiger charge is -2.12. The van der Waals surface area contributed by atoms with E-state index in [9.17, 15) is 0 Å². The minimum absolute atomic E-state index is 0.449. The molecule has 0 aliphatic heterocycles. The maximum Gasteiger partial charge on any atom is 0.00388 e. The molecular weight excluding hydrogens is 364 g/mol. The summed E-state index contributed by atoms with van der Waals surface area (Å²) in [6, 6.07) is 0.899. The second-order valence-corrected chi connectivity index (χ2v) is 10.0. The van der Waals surface area contributed by atoms with Gasteiger partial charge in [-0.25, -0.2) is 0 Å². The van der Waals surface area contributed by atoms with Gasteiger partial charge in [0.1, 0.15) is 0 Å². The van der Waals surface area contributed by atoms with Crippen molar-refractivity contribution in [1.29, 1.82) is 0 Å². The van der Waals surface area contributed by atoms with Crippen LogP contribution in [0.25, 0.3) is 0 Å². The van der Waals surface area contributed by atoms with Crippen molar-refractivity contribution in [1.82, 2.24) is 0 Å². The second kappa shape index (κ2) is 25.2. The van der Waals surface area contributed by atoms with E-state index in [4.69, 9.17) is 11.5 Å². The SMILES string of the molecule is CCCCCCCCCC(N)CCCCCCCCC(N)CCCCCCCCC. The molecule has 0 aliphatic carbocycles. The Bertz CT molecular complexity index is 275. The van der Waals surface area contributed by atoms with Gasteiger partial charge < -0.3 is 11.5 Å². The summed E-state index contributed by atoms with van der Waals surface area (Å²) in [5.74, 6) is 0. The van der Waals surface area contributed by atoms with E-state index in [-0.39, 0.29) is 0 Å². The highest BCUT2D eigenvalue weighted by atomic mass is 14.6. The monoisotopic (exact) mass is 424 g/mol. The second-order valence-electron chi connectivity index (χ2n) is 10.0. The summed E-state index contributed by atoms with van der Waals surface area (Å²) in [6.45, 7) is 4.57. The van der Waals surface area contributed by atoms with E-state index in [1.165, 1.54) is 154 Å². The topological polar surface area (TPSA) is 52.0 Å². The van der Waals surface area contributed by atoms with Crippen molar-refractivity contribution in [2.45, 2.75) is 180 Å². The highest BCUT2D eigenvalue weighted by Gasteiger charge is 2.04. The molecule has 2 atom stereocenters. The van der Waals surface area contributed by atoms with Gasteiger partial charge in [0.2, 0.25) is 0 Å². The van der Waals surface area contributed by atoms with Crippen molar-refractivity contribution < 1.29 is 0 Å². The molecule has 0 bridgehead atoms. The molecule has 182 valence electrons. The van der Waals surface area contributed by atoms with Gasteiger partial charge in [-0.3, -0.25) is 0 Å². The molecule has 0 heterocycles. The maximum atomic E-state index is 6.30. The van der Waals surface area contributed by atoms with Crippen molar-refractivity contribution in [2.75, 3.05) is 0 Å². The van der Waals surface area contributed by atoms with Crippen LogP contribution in [0, 0.1) is 0 Å². The van der Waals surface area contributed by atoms with Gasteiger partial charge in [-0.2, -0.15) is 0 Å². The summed E-state index contributed by atoms with van der Waals surface area (Å²) in [5.41, 5.74) is 12.6. The molecule has 0 amide bonds. The fourth-order valence-corrected chi connectivity index (χ4v) is 4.54. The third kappa shape index (κ3) is 24.2. The van der Waals surface area contributed by atoms with E-state index in [1.54, 1.807) is 0 Å². The lowest BCUT2D eigenvalue weighted by Crippen LogP contribution is -2.19. The van der Waals surface area contributed by atoms with E-state index >= 15 is 0 Å². The van der Waals surface area contributed by atoms with Gasteiger partial charge in [-0.05, 0) is 25.7 Å². The normalized spacial score (nSPS) is 13.6. The molecule has 0 aliphatic rings. The zero-order valence-electron chi connectivity index (χ0n) is 21.3. The molecule has 0 rings (SSSR count). The first kappa shape index (κ1) is 29.9. The summed E-state index contributed by atoms with van der Waals surface area (Å²) in [4.78, 5) is 0. The van der Waals surface area contributed by atoms with Gasteiger partial charge in [0, 0.05) is 12.1 Å². The summed E-state index contributed by atoms with van der Waals surface area (Å²) in [7, 11) is 0. The van der Waals surface area contributed by atoms with Crippen molar-refractivity contribution in [3.63, 3.8) is 0 Å². The average Bonchev–Trinajstić information content (AvgIpc) is 2.74. The molecule has 2 nitrogen and oxygen atoms in total. The molecule has 2 unspecified atom stereocenters. The van der Waals surface area contributed by atoms with Gasteiger partial charge in [0.15, 0.2) is 0 Å². The molecule has 0 fully saturated rings. The molecule has 30 heavy (non-hydrogen) atoms. The third-order valence-electron chi connectivity index (χ3n) is 6.76. The number of unbranched alkanes of at least 4 members (excludes halogenated alkanes) is 17. The van der Waals surface area contributed by atoms with Crippen LogP contribution < -0.4 is 11.5 Å². The zero-order chi connectivity index (χ0) is 22.1. The molecule has 0 saturated heterocycles. The van der Waals surface area contributed by atoms with Gasteiger partial charge in [-0.15, -0.1) is 0 Å². The Labute approximate surface area is 191 Å². The minimum Gasteiger partial charge on any atom is -0.328 e. The molecule has 0 radical (unpaired) electrons. The number of hydrogen-bond acceptors (Lipinski definition) is 2. The summed E-state index contributed by atoms with van der Waals surface area (Å²) >= 11 is 0. The van der Waals surface area contributed by atoms with E-state index < -0.39 is 0 Å². The quantitative estimate of drug-likeness (QED) is 0.144. The number of rotatable bonds is 25. The van der Waals surface area contributed by atoms with Crippen LogP contribution in [0.2, 0.25) is 0 Å². The first-order chi connectivity index (χ1) is 14.7. The molecular formula is C28H60N2. The van der Waals surface area contributed by atoms with Crippen LogP contribution in [0.1, 0.15) is 168 Å². The van der Waals surface area contributed by atoms with Gasteiger partial charge in [-0.1, -0.05) is 142 Å². The standard InChI is InChI=1S/C28H60N2/c1-3-5-7-9-11-15-19-23-27(29)25-21-17-13-14-18-22-26-28(30)24-20-16-12-10-8-6-4-2/h27-28H,3-26,29-30H2,1-2H3. The van der Waals surface area contributed by atoms with Gasteiger partial charge in [0.25, 0.3) is 0 Å². The third-order valence-corrected chi connectivity index (χ3v) is 6.76. The Kier molecular flexibility index (Phi) is 25.1. The maximum absolute atomic E-state index is 6.30. The van der Waals surface area contributed by atoms with Gasteiger partial charge in [0.05, 0.1) is 0 Å². The van der Waals surface area contributed by atoms with Crippen LogP contribution in [0.3, 0.4) is 0 Å². The Balaban J connectivity index is 3.23. The average molecular weight is 425 g/mol. The fourth-order valence-electron chi connectivity index (χ4n) is 4.54. The zero-order valence-corrected chi connectivity index (χ0v) is 21.3. The highest BCUT2D eigenvalue weighted by molar-refractivity contribution is 4.63. The Morgan fingerprint density at radius 2 is 0.533 bits per heavy atom. The molecule has 0 aromatic rings. The van der Waals surface area contributed by atoms with Crippen LogP contribution >= 0.6 is 0 Å². The number of hydrogen-bond donors (Lipinski definition) is 2. The highest BCUT2D eigenvalue weighted by Crippen LogP contribution is 2.15. The van der Waals surface area contributed by atoms with E-state index in [0.717, 1.165) is 0 Å². The largest absolute Gasteiger partial charge is 0.328 e. The summed E-state index contributed by atoms with van der Waals surface area (Å²) < 4.78 is 0. The first-order valence-corrected chi connectivity index (χ1v) is 14.2. The predicted octanol–water partition coefficient (Wildman–Crippen LogP) is 9.04. The lowest BCUT2D eigenvalue weighted by atomic mass is 9.99. The van der Waals surface area contributed by atoms with Crippen LogP contribution in [0.15, 0.2) is 0 Å². The summed E-state index contributed by atoms with van der Waals surface area (Å²) in [6.07, 6.45) is 32.6. The first-order valence-electron chi connectivity index (χ1n) is 14.2. The van der Waals surface area contributed by atoms with Crippen molar-refractivity contribution >= 4 is 0 Å². The minimum atomic E-state index is 0.449. The van der Waals surface area contributed by atoms with Crippen molar-refractivity contribution in [2.24, 2.45) is 11.5 Å². The lowest BCUT2D eigenvalue weighted by molar-refractivity contribution is 0.468. The van der Waals surface area contributed by atoms with Crippen molar-refractivity contribution in [3.05, 3.63) is 0 Å². The van der Waals surface area contributed by atoms with Crippen LogP contribution in [-0.4, -0.2) is 12.1 Å². The Morgan fingerprint density at radius 1 is 0.333 bits per heavy atom. The number of nitrogens with two attached hydrogens (primary N) is 2. The molecule has 0 aromatic heterocycles. The smallest absolute Gasteiger partial charge is 0.00388 e. The van der Waals surface area contributed by atoms with E-state index in [1.807, 2.05) is 0 Å².